The number of hydrogen-bond acceptors (Lipinski definition) is 2. The molecule has 3 nitrogen and oxygen atoms in total. The Morgan fingerprint density at radius 3 is 1.93 bits per heavy atom. The predicted molar refractivity (Wildman–Crippen MR) is 46.0 cm³/mol. The molecule has 0 spiro atoms. The summed E-state index contributed by atoms with van der Waals surface area (Å²) in [5.74, 6) is 0. The van der Waals surface area contributed by atoms with Crippen molar-refractivity contribution < 1.29 is 22.7 Å². The summed E-state index contributed by atoms with van der Waals surface area (Å²) in [5.41, 5.74) is 7.06. The molecule has 0 fully saturated rings. The second-order valence-corrected chi connectivity index (χ2v) is 2.81. The van der Waals surface area contributed by atoms with E-state index in [9.17, 15) is 18.0 Å². The molecule has 6 heteroatoms. The van der Waals surface area contributed by atoms with Crippen LogP contribution in [-0.2, 0) is 11.2 Å². The zero-order chi connectivity index (χ0) is 11.5. The molecule has 0 atom stereocenters. The van der Waals surface area contributed by atoms with Gasteiger partial charge in [-0.3, -0.25) is 0 Å². The fraction of sp³-hybridized carbons (Fsp3) is 0.222. The second kappa shape index (κ2) is 4.20. The number of halogens is 3. The second-order valence-electron chi connectivity index (χ2n) is 2.81. The molecule has 1 aromatic carbocycles. The van der Waals surface area contributed by atoms with Crippen molar-refractivity contribution in [2.75, 3.05) is 0 Å². The number of amides is 1. The maximum absolute atomic E-state index is 10.8. The topological polar surface area (TPSA) is 52.3 Å². The zero-order valence-electron chi connectivity index (χ0n) is 7.54. The molecule has 2 rings (SSSR count). The lowest BCUT2D eigenvalue weighted by molar-refractivity contribution is -0.289. The molecule has 1 aliphatic rings. The molecule has 0 radical (unpaired) electrons. The molecule has 0 bridgehead atoms. The van der Waals surface area contributed by atoms with Gasteiger partial charge in [-0.1, -0.05) is 24.3 Å². The standard InChI is InChI=1S/C7H6.C2H2F3NO2/c1-2-4-7-5-6(7)3-1;3-2(4,5)8-1(6)7/h1-4H,5H2;(H2,6,7). The molecule has 0 unspecified atom stereocenters. The van der Waals surface area contributed by atoms with Crippen LogP contribution in [-0.4, -0.2) is 12.5 Å². The van der Waals surface area contributed by atoms with Crippen LogP contribution in [0.1, 0.15) is 11.1 Å². The van der Waals surface area contributed by atoms with Crippen LogP contribution in [0.4, 0.5) is 18.0 Å². The number of carbonyl (C=O) groups is 1. The van der Waals surface area contributed by atoms with Crippen LogP contribution in [0.3, 0.4) is 0 Å². The highest BCUT2D eigenvalue weighted by molar-refractivity contribution is 5.64. The maximum atomic E-state index is 10.8. The van der Waals surface area contributed by atoms with Crippen LogP contribution in [0.2, 0.25) is 0 Å². The van der Waals surface area contributed by atoms with E-state index >= 15 is 0 Å². The Hall–Kier alpha value is -1.72. The van der Waals surface area contributed by atoms with E-state index in [1.54, 1.807) is 0 Å². The fourth-order valence-corrected chi connectivity index (χ4v) is 0.950. The first-order chi connectivity index (χ1) is 6.88. The van der Waals surface area contributed by atoms with E-state index < -0.39 is 12.5 Å². The van der Waals surface area contributed by atoms with Gasteiger partial charge in [-0.25, -0.2) is 4.79 Å². The molecule has 1 amide bonds. The summed E-state index contributed by atoms with van der Waals surface area (Å²) in [5, 5.41) is 0. The third-order valence-electron chi connectivity index (χ3n) is 1.59. The number of fused-ring (bicyclic) bond motifs is 1. The van der Waals surface area contributed by atoms with Crippen molar-refractivity contribution in [1.82, 2.24) is 0 Å². The molecular weight excluding hydrogens is 211 g/mol. The molecule has 0 aliphatic heterocycles. The van der Waals surface area contributed by atoms with Gasteiger partial charge >= 0.3 is 12.5 Å². The minimum Gasteiger partial charge on any atom is -0.356 e. The molecule has 15 heavy (non-hydrogen) atoms. The lowest BCUT2D eigenvalue weighted by atomic mass is 10.4. The summed E-state index contributed by atoms with van der Waals surface area (Å²) in [6.45, 7) is 0. The zero-order valence-corrected chi connectivity index (χ0v) is 7.54. The number of ether oxygens (including phenoxy) is 1. The van der Waals surface area contributed by atoms with Crippen molar-refractivity contribution in [2.45, 2.75) is 12.8 Å². The smallest absolute Gasteiger partial charge is 0.356 e. The minimum atomic E-state index is -4.95. The van der Waals surface area contributed by atoms with Gasteiger partial charge in [0.25, 0.3) is 0 Å². The van der Waals surface area contributed by atoms with Crippen molar-refractivity contribution in [3.05, 3.63) is 35.4 Å². The minimum absolute atomic E-state index is 1.24. The summed E-state index contributed by atoms with van der Waals surface area (Å²) >= 11 is 0. The Balaban J connectivity index is 0.000000150. The van der Waals surface area contributed by atoms with Crippen molar-refractivity contribution in [1.29, 1.82) is 0 Å². The van der Waals surface area contributed by atoms with Crippen LogP contribution < -0.4 is 5.73 Å². The third-order valence-corrected chi connectivity index (χ3v) is 1.59. The SMILES string of the molecule is NC(=O)OC(F)(F)F.c1ccc2c(c1)C2. The lowest BCUT2D eigenvalue weighted by Crippen LogP contribution is -2.23. The Labute approximate surface area is 83.6 Å². The Morgan fingerprint density at radius 2 is 1.73 bits per heavy atom. The van der Waals surface area contributed by atoms with Gasteiger partial charge in [0.05, 0.1) is 0 Å². The third kappa shape index (κ3) is 4.90. The summed E-state index contributed by atoms with van der Waals surface area (Å²) < 4.78 is 34.9. The van der Waals surface area contributed by atoms with Crippen LogP contribution >= 0.6 is 0 Å². The number of carbonyl (C=O) groups excluding carboxylic acids is 1. The first-order valence-corrected chi connectivity index (χ1v) is 4.00. The average Bonchev–Trinajstić information content (AvgIpc) is 2.77. The number of alkyl halides is 3. The van der Waals surface area contributed by atoms with Crippen LogP contribution in [0, 0.1) is 0 Å². The van der Waals surface area contributed by atoms with Crippen LogP contribution in [0.25, 0.3) is 0 Å². The number of benzene rings is 1. The Morgan fingerprint density at radius 1 is 1.27 bits per heavy atom. The highest BCUT2D eigenvalue weighted by Gasteiger charge is 2.32. The molecule has 1 aliphatic carbocycles. The van der Waals surface area contributed by atoms with E-state index in [0.29, 0.717) is 0 Å². The van der Waals surface area contributed by atoms with E-state index in [2.05, 4.69) is 34.7 Å². The predicted octanol–water partition coefficient (Wildman–Crippen LogP) is 2.19. The van der Waals surface area contributed by atoms with Gasteiger partial charge in [0.1, 0.15) is 0 Å². The summed E-state index contributed by atoms with van der Waals surface area (Å²) in [6, 6.07) is 8.53. The van der Waals surface area contributed by atoms with Gasteiger partial charge in [-0.2, -0.15) is 0 Å². The van der Waals surface area contributed by atoms with E-state index in [0.717, 1.165) is 0 Å². The highest BCUT2D eigenvalue weighted by Crippen LogP contribution is 2.25. The van der Waals surface area contributed by atoms with Gasteiger partial charge < -0.3 is 10.5 Å². The van der Waals surface area contributed by atoms with Gasteiger partial charge in [-0.15, -0.1) is 13.2 Å². The van der Waals surface area contributed by atoms with E-state index in [4.69, 9.17) is 0 Å². The molecule has 2 N–H and O–H groups in total. The van der Waals surface area contributed by atoms with Crippen molar-refractivity contribution in [3.63, 3.8) is 0 Å². The number of hydrogen-bond donors (Lipinski definition) is 1. The molecule has 82 valence electrons. The van der Waals surface area contributed by atoms with E-state index in [-0.39, 0.29) is 0 Å². The summed E-state index contributed by atoms with van der Waals surface area (Å²) in [6.07, 6.45) is -5.56. The number of nitrogens with two attached hydrogens (primary N) is 1. The maximum Gasteiger partial charge on any atom is 0.576 e. The number of primary amides is 1. The summed E-state index contributed by atoms with van der Waals surface area (Å²) in [4.78, 5) is 9.29. The average molecular weight is 219 g/mol. The fourth-order valence-electron chi connectivity index (χ4n) is 0.950. The molecule has 0 saturated heterocycles. The van der Waals surface area contributed by atoms with E-state index in [1.807, 2.05) is 0 Å². The molecular formula is C9H8F3NO2. The van der Waals surface area contributed by atoms with Crippen molar-refractivity contribution in [2.24, 2.45) is 5.73 Å². The molecule has 0 saturated carbocycles. The normalized spacial score (nSPS) is 11.9. The Bertz CT molecular complexity index is 342. The van der Waals surface area contributed by atoms with Gasteiger partial charge in [0.15, 0.2) is 0 Å². The van der Waals surface area contributed by atoms with Gasteiger partial charge in [0.2, 0.25) is 0 Å². The highest BCUT2D eigenvalue weighted by atomic mass is 19.4. The first-order valence-electron chi connectivity index (χ1n) is 4.00. The largest absolute Gasteiger partial charge is 0.576 e. The lowest BCUT2D eigenvalue weighted by Gasteiger charge is -2.01. The van der Waals surface area contributed by atoms with Gasteiger partial charge in [-0.05, 0) is 17.5 Å². The monoisotopic (exact) mass is 219 g/mol. The van der Waals surface area contributed by atoms with E-state index in [1.165, 1.54) is 17.5 Å². The van der Waals surface area contributed by atoms with Crippen molar-refractivity contribution in [3.8, 4) is 0 Å². The quantitative estimate of drug-likeness (QED) is 0.738. The number of rotatable bonds is 0. The molecule has 1 aromatic rings. The summed E-state index contributed by atoms with van der Waals surface area (Å²) in [7, 11) is 0. The first kappa shape index (κ1) is 11.4. The van der Waals surface area contributed by atoms with Gasteiger partial charge in [0, 0.05) is 0 Å². The molecule has 0 aromatic heterocycles. The van der Waals surface area contributed by atoms with Crippen LogP contribution in [0.15, 0.2) is 24.3 Å². The Kier molecular flexibility index (Phi) is 3.18. The molecule has 0 heterocycles. The van der Waals surface area contributed by atoms with Crippen molar-refractivity contribution >= 4 is 6.09 Å². The van der Waals surface area contributed by atoms with Crippen LogP contribution in [0.5, 0.6) is 0 Å².